The van der Waals surface area contributed by atoms with Crippen molar-refractivity contribution in [1.29, 1.82) is 0 Å². The van der Waals surface area contributed by atoms with Gasteiger partial charge in [-0.15, -0.1) is 24.0 Å². The average molecular weight is 447 g/mol. The topological polar surface area (TPSA) is 93.2 Å². The third-order valence-corrected chi connectivity index (χ3v) is 3.57. The molecule has 2 aromatic heterocycles. The first-order chi connectivity index (χ1) is 11.2. The monoisotopic (exact) mass is 447 g/mol. The summed E-state index contributed by atoms with van der Waals surface area (Å²) in [6.07, 6.45) is 3.21. The fourth-order valence-corrected chi connectivity index (χ4v) is 2.26. The lowest BCUT2D eigenvalue weighted by Crippen LogP contribution is -2.37. The highest BCUT2D eigenvalue weighted by Gasteiger charge is 2.13. The van der Waals surface area contributed by atoms with Gasteiger partial charge in [0.2, 0.25) is 0 Å². The van der Waals surface area contributed by atoms with Crippen LogP contribution in [-0.2, 0) is 33.0 Å². The first-order valence-corrected chi connectivity index (χ1v) is 8.00. The third-order valence-electron chi connectivity index (χ3n) is 3.57. The summed E-state index contributed by atoms with van der Waals surface area (Å²) in [5, 5.41) is 14.7. The summed E-state index contributed by atoms with van der Waals surface area (Å²) in [7, 11) is 1.87. The van der Waals surface area contributed by atoms with Crippen LogP contribution in [0.4, 0.5) is 0 Å². The number of rotatable bonds is 7. The van der Waals surface area contributed by atoms with Gasteiger partial charge < -0.3 is 15.2 Å². The zero-order valence-corrected chi connectivity index (χ0v) is 17.0. The van der Waals surface area contributed by atoms with E-state index in [1.807, 2.05) is 14.0 Å². The number of aromatic nitrogens is 4. The van der Waals surface area contributed by atoms with Crippen LogP contribution in [0.15, 0.2) is 15.8 Å². The second-order valence-corrected chi connectivity index (χ2v) is 5.09. The predicted octanol–water partition coefficient (Wildman–Crippen LogP) is 1.80. The second-order valence-electron chi connectivity index (χ2n) is 5.09. The van der Waals surface area contributed by atoms with Crippen molar-refractivity contribution in [3.63, 3.8) is 0 Å². The number of aliphatic imine (C=N–C) groups is 1. The zero-order chi connectivity index (χ0) is 16.7. The Kier molecular flexibility index (Phi) is 8.72. The molecule has 2 N–H and O–H groups in total. The van der Waals surface area contributed by atoms with Crippen LogP contribution in [0.1, 0.15) is 43.6 Å². The minimum atomic E-state index is 0. The fraction of sp³-hybridized carbons (Fsp3) is 0.600. The number of hydrogen-bond donors (Lipinski definition) is 2. The molecule has 2 aromatic rings. The van der Waals surface area contributed by atoms with E-state index in [1.165, 1.54) is 0 Å². The highest BCUT2D eigenvalue weighted by atomic mass is 127. The van der Waals surface area contributed by atoms with Crippen molar-refractivity contribution in [1.82, 2.24) is 30.6 Å². The van der Waals surface area contributed by atoms with Gasteiger partial charge in [0, 0.05) is 25.6 Å². The van der Waals surface area contributed by atoms with E-state index in [9.17, 15) is 0 Å². The van der Waals surface area contributed by atoms with E-state index in [0.29, 0.717) is 13.1 Å². The number of hydrogen-bond acceptors (Lipinski definition) is 5. The van der Waals surface area contributed by atoms with Crippen molar-refractivity contribution < 1.29 is 4.52 Å². The Morgan fingerprint density at radius 3 is 2.62 bits per heavy atom. The van der Waals surface area contributed by atoms with E-state index in [4.69, 9.17) is 4.52 Å². The van der Waals surface area contributed by atoms with Gasteiger partial charge in [-0.3, -0.25) is 4.68 Å². The van der Waals surface area contributed by atoms with Gasteiger partial charge in [0.25, 0.3) is 0 Å². The van der Waals surface area contributed by atoms with Crippen molar-refractivity contribution in [2.45, 2.75) is 46.7 Å². The molecule has 24 heavy (non-hydrogen) atoms. The van der Waals surface area contributed by atoms with Gasteiger partial charge in [-0.05, 0) is 13.3 Å². The molecule has 0 saturated carbocycles. The van der Waals surface area contributed by atoms with Crippen molar-refractivity contribution in [2.75, 3.05) is 6.54 Å². The van der Waals surface area contributed by atoms with Crippen LogP contribution in [0.5, 0.6) is 0 Å². The van der Waals surface area contributed by atoms with Gasteiger partial charge >= 0.3 is 0 Å². The molecule has 0 fully saturated rings. The Bertz CT molecular complexity index is 629. The Morgan fingerprint density at radius 2 is 2.04 bits per heavy atom. The van der Waals surface area contributed by atoms with Gasteiger partial charge in [0.1, 0.15) is 17.9 Å². The lowest BCUT2D eigenvalue weighted by Gasteiger charge is -2.11. The summed E-state index contributed by atoms with van der Waals surface area (Å²) in [6.45, 7) is 8.06. The van der Waals surface area contributed by atoms with Crippen LogP contribution in [0.3, 0.4) is 0 Å². The number of halogens is 1. The quantitative estimate of drug-likeness (QED) is 0.382. The maximum atomic E-state index is 5.38. The molecule has 0 amide bonds. The first-order valence-electron chi connectivity index (χ1n) is 8.00. The Hall–Kier alpha value is -1.65. The Labute approximate surface area is 159 Å². The van der Waals surface area contributed by atoms with E-state index in [0.717, 1.165) is 48.2 Å². The molecule has 2 rings (SSSR count). The van der Waals surface area contributed by atoms with Crippen LogP contribution in [-0.4, -0.2) is 32.4 Å². The van der Waals surface area contributed by atoms with Crippen molar-refractivity contribution in [3.05, 3.63) is 29.2 Å². The number of nitrogens with one attached hydrogen (secondary N) is 2. The predicted molar refractivity (Wildman–Crippen MR) is 103 cm³/mol. The van der Waals surface area contributed by atoms with Crippen molar-refractivity contribution >= 4 is 29.9 Å². The summed E-state index contributed by atoms with van der Waals surface area (Å²) in [5.74, 6) is 2.50. The lowest BCUT2D eigenvalue weighted by molar-refractivity contribution is 0.380. The van der Waals surface area contributed by atoms with Gasteiger partial charge in [-0.1, -0.05) is 19.0 Å². The third kappa shape index (κ3) is 5.18. The average Bonchev–Trinajstić information content (AvgIpc) is 3.15. The molecule has 0 aliphatic rings. The van der Waals surface area contributed by atoms with Gasteiger partial charge in [0.05, 0.1) is 18.8 Å². The fourth-order valence-electron chi connectivity index (χ4n) is 2.26. The molecule has 0 atom stereocenters. The van der Waals surface area contributed by atoms with Gasteiger partial charge in [0.15, 0.2) is 5.96 Å². The molecule has 8 nitrogen and oxygen atoms in total. The minimum Gasteiger partial charge on any atom is -0.361 e. The Morgan fingerprint density at radius 1 is 1.25 bits per heavy atom. The van der Waals surface area contributed by atoms with Crippen molar-refractivity contribution in [3.8, 4) is 0 Å². The minimum absolute atomic E-state index is 0. The Balaban J connectivity index is 0.00000288. The number of nitrogens with zero attached hydrogens (tertiary/aromatic N) is 5. The molecule has 0 radical (unpaired) electrons. The molecule has 0 aromatic carbocycles. The molecular formula is C15H26IN7O. The van der Waals surface area contributed by atoms with E-state index in [2.05, 4.69) is 44.7 Å². The highest BCUT2D eigenvalue weighted by molar-refractivity contribution is 14.0. The molecule has 0 unspecified atom stereocenters. The summed E-state index contributed by atoms with van der Waals surface area (Å²) in [5.41, 5.74) is 2.07. The molecule has 9 heteroatoms. The van der Waals surface area contributed by atoms with Crippen LogP contribution in [0.25, 0.3) is 0 Å². The normalized spacial score (nSPS) is 11.2. The molecule has 0 bridgehead atoms. The standard InChI is InChI=1S/C15H25N7O.HI/c1-5-12-11(13(6-2)23-21-12)8-17-15(16-7-3)18-9-14-19-10-20-22(14)4;/h10H,5-9H2,1-4H3,(H2,16,17,18);1H. The number of guanidine groups is 1. The van der Waals surface area contributed by atoms with Crippen LogP contribution >= 0.6 is 24.0 Å². The maximum absolute atomic E-state index is 5.38. The molecular weight excluding hydrogens is 421 g/mol. The SMILES string of the molecule is CCNC(=NCc1c(CC)noc1CC)NCc1ncnn1C.I. The molecule has 0 aliphatic carbocycles. The summed E-state index contributed by atoms with van der Waals surface area (Å²) in [4.78, 5) is 8.83. The van der Waals surface area contributed by atoms with Crippen molar-refractivity contribution in [2.24, 2.45) is 12.0 Å². The van der Waals surface area contributed by atoms with Crippen LogP contribution in [0.2, 0.25) is 0 Å². The second kappa shape index (κ2) is 10.3. The van der Waals surface area contributed by atoms with E-state index in [-0.39, 0.29) is 24.0 Å². The zero-order valence-electron chi connectivity index (χ0n) is 14.7. The summed E-state index contributed by atoms with van der Waals surface area (Å²) >= 11 is 0. The van der Waals surface area contributed by atoms with Crippen LogP contribution in [0, 0.1) is 0 Å². The highest BCUT2D eigenvalue weighted by Crippen LogP contribution is 2.16. The lowest BCUT2D eigenvalue weighted by atomic mass is 10.1. The smallest absolute Gasteiger partial charge is 0.191 e. The van der Waals surface area contributed by atoms with E-state index < -0.39 is 0 Å². The van der Waals surface area contributed by atoms with Gasteiger partial charge in [-0.25, -0.2) is 9.98 Å². The van der Waals surface area contributed by atoms with E-state index in [1.54, 1.807) is 11.0 Å². The largest absolute Gasteiger partial charge is 0.361 e. The maximum Gasteiger partial charge on any atom is 0.191 e. The molecule has 0 saturated heterocycles. The molecule has 0 spiro atoms. The van der Waals surface area contributed by atoms with Gasteiger partial charge in [-0.2, -0.15) is 5.10 Å². The van der Waals surface area contributed by atoms with E-state index >= 15 is 0 Å². The number of aryl methyl sites for hydroxylation is 3. The molecule has 2 heterocycles. The molecule has 0 aliphatic heterocycles. The van der Waals surface area contributed by atoms with Crippen LogP contribution < -0.4 is 10.6 Å². The summed E-state index contributed by atoms with van der Waals surface area (Å²) < 4.78 is 7.12. The first kappa shape index (κ1) is 20.4. The molecule has 134 valence electrons. The summed E-state index contributed by atoms with van der Waals surface area (Å²) in [6, 6.07) is 0.